The molecule has 24 heavy (non-hydrogen) atoms. The summed E-state index contributed by atoms with van der Waals surface area (Å²) in [5, 5.41) is 10.6. The van der Waals surface area contributed by atoms with Crippen LogP contribution >= 0.6 is 0 Å². The highest BCUT2D eigenvalue weighted by atomic mass is 16.1. The number of nitrogens with two attached hydrogens (primary N) is 1. The summed E-state index contributed by atoms with van der Waals surface area (Å²) in [4.78, 5) is 20.2. The van der Waals surface area contributed by atoms with Crippen LogP contribution in [0.25, 0.3) is 0 Å². The normalized spacial score (nSPS) is 14.7. The predicted octanol–water partition coefficient (Wildman–Crippen LogP) is 2.14. The van der Waals surface area contributed by atoms with Crippen molar-refractivity contribution in [1.29, 1.82) is 0 Å². The second-order valence-corrected chi connectivity index (χ2v) is 6.06. The van der Waals surface area contributed by atoms with Gasteiger partial charge in [-0.3, -0.25) is 9.48 Å². The standard InChI is InChI=1S/C16H23N7O/c1-2-23-10-12(8-20-23)21-16-19-9-13(14(17)24)15(22-16)18-7-11-5-3-4-6-11/h8-11H,2-7H2,1H3,(H2,17,24)(H2,18,19,21,22). The molecule has 128 valence electrons. The quantitative estimate of drug-likeness (QED) is 0.717. The first kappa shape index (κ1) is 16.2. The van der Waals surface area contributed by atoms with Crippen LogP contribution in [0.3, 0.4) is 0 Å². The molecule has 8 nitrogen and oxygen atoms in total. The Bertz CT molecular complexity index is 706. The van der Waals surface area contributed by atoms with E-state index in [1.54, 1.807) is 10.9 Å². The summed E-state index contributed by atoms with van der Waals surface area (Å²) in [7, 11) is 0. The summed E-state index contributed by atoms with van der Waals surface area (Å²) in [5.74, 6) is 0.980. The van der Waals surface area contributed by atoms with Gasteiger partial charge in [-0.05, 0) is 25.7 Å². The Morgan fingerprint density at radius 1 is 1.38 bits per heavy atom. The molecule has 1 aliphatic rings. The molecule has 0 radical (unpaired) electrons. The van der Waals surface area contributed by atoms with Gasteiger partial charge in [0.15, 0.2) is 0 Å². The van der Waals surface area contributed by atoms with Gasteiger partial charge < -0.3 is 16.4 Å². The van der Waals surface area contributed by atoms with Crippen LogP contribution in [-0.4, -0.2) is 32.2 Å². The third-order valence-electron chi connectivity index (χ3n) is 4.30. The number of hydrogen-bond acceptors (Lipinski definition) is 6. The molecule has 1 fully saturated rings. The van der Waals surface area contributed by atoms with Gasteiger partial charge in [0.2, 0.25) is 5.95 Å². The average Bonchev–Trinajstić information content (AvgIpc) is 3.24. The first-order chi connectivity index (χ1) is 11.7. The fourth-order valence-corrected chi connectivity index (χ4v) is 2.94. The molecule has 1 saturated carbocycles. The topological polar surface area (TPSA) is 111 Å². The van der Waals surface area contributed by atoms with Crippen molar-refractivity contribution in [2.75, 3.05) is 17.2 Å². The first-order valence-corrected chi connectivity index (χ1v) is 8.36. The molecule has 1 aliphatic carbocycles. The number of amides is 1. The van der Waals surface area contributed by atoms with Gasteiger partial charge in [0, 0.05) is 25.5 Å². The van der Waals surface area contributed by atoms with E-state index in [2.05, 4.69) is 25.7 Å². The summed E-state index contributed by atoms with van der Waals surface area (Å²) in [5.41, 5.74) is 6.53. The van der Waals surface area contributed by atoms with Crippen LogP contribution in [0, 0.1) is 5.92 Å². The molecule has 2 aromatic rings. The van der Waals surface area contributed by atoms with Gasteiger partial charge in [0.05, 0.1) is 17.4 Å². The Kier molecular flexibility index (Phi) is 4.93. The number of hydrogen-bond donors (Lipinski definition) is 3. The summed E-state index contributed by atoms with van der Waals surface area (Å²) in [6.45, 7) is 3.60. The van der Waals surface area contributed by atoms with Gasteiger partial charge in [-0.1, -0.05) is 12.8 Å². The van der Waals surface area contributed by atoms with E-state index in [4.69, 9.17) is 5.73 Å². The lowest BCUT2D eigenvalue weighted by Gasteiger charge is -2.14. The number of carbonyl (C=O) groups excluding carboxylic acids is 1. The summed E-state index contributed by atoms with van der Waals surface area (Å²) in [6.07, 6.45) is 10.0. The Labute approximate surface area is 140 Å². The average molecular weight is 329 g/mol. The van der Waals surface area contributed by atoms with Crippen molar-refractivity contribution >= 4 is 23.4 Å². The number of carbonyl (C=O) groups is 1. The van der Waals surface area contributed by atoms with E-state index in [9.17, 15) is 4.79 Å². The van der Waals surface area contributed by atoms with Crippen molar-refractivity contribution < 1.29 is 4.79 Å². The largest absolute Gasteiger partial charge is 0.369 e. The summed E-state index contributed by atoms with van der Waals surface area (Å²) >= 11 is 0. The molecule has 8 heteroatoms. The second kappa shape index (κ2) is 7.29. The molecule has 0 unspecified atom stereocenters. The van der Waals surface area contributed by atoms with E-state index in [0.717, 1.165) is 18.8 Å². The summed E-state index contributed by atoms with van der Waals surface area (Å²) < 4.78 is 1.80. The first-order valence-electron chi connectivity index (χ1n) is 8.36. The number of rotatable bonds is 7. The van der Waals surface area contributed by atoms with E-state index < -0.39 is 5.91 Å². The zero-order valence-corrected chi connectivity index (χ0v) is 13.8. The molecular formula is C16H23N7O. The molecule has 0 bridgehead atoms. The molecule has 2 aromatic heterocycles. The maximum atomic E-state index is 11.6. The lowest BCUT2D eigenvalue weighted by atomic mass is 10.1. The molecule has 4 N–H and O–H groups in total. The minimum Gasteiger partial charge on any atom is -0.369 e. The van der Waals surface area contributed by atoms with Crippen molar-refractivity contribution in [2.45, 2.75) is 39.2 Å². The lowest BCUT2D eigenvalue weighted by molar-refractivity contribution is 0.100. The van der Waals surface area contributed by atoms with E-state index in [-0.39, 0.29) is 0 Å². The fourth-order valence-electron chi connectivity index (χ4n) is 2.94. The Morgan fingerprint density at radius 3 is 2.83 bits per heavy atom. The maximum absolute atomic E-state index is 11.6. The Balaban J connectivity index is 1.74. The molecule has 0 aromatic carbocycles. The van der Waals surface area contributed by atoms with Gasteiger partial charge in [0.1, 0.15) is 5.82 Å². The fraction of sp³-hybridized carbons (Fsp3) is 0.500. The third kappa shape index (κ3) is 3.81. The molecule has 0 atom stereocenters. The van der Waals surface area contributed by atoms with E-state index >= 15 is 0 Å². The zero-order chi connectivity index (χ0) is 16.9. The van der Waals surface area contributed by atoms with Crippen molar-refractivity contribution in [1.82, 2.24) is 19.7 Å². The van der Waals surface area contributed by atoms with Crippen LogP contribution in [0.4, 0.5) is 17.5 Å². The highest BCUT2D eigenvalue weighted by Crippen LogP contribution is 2.25. The maximum Gasteiger partial charge on any atom is 0.254 e. The smallest absolute Gasteiger partial charge is 0.254 e. The Hall–Kier alpha value is -2.64. The molecule has 0 aliphatic heterocycles. The number of primary amides is 1. The SMILES string of the molecule is CCn1cc(Nc2ncc(C(N)=O)c(NCC3CCCC3)n2)cn1. The highest BCUT2D eigenvalue weighted by Gasteiger charge is 2.17. The van der Waals surface area contributed by atoms with Crippen LogP contribution in [0.1, 0.15) is 43.0 Å². The summed E-state index contributed by atoms with van der Waals surface area (Å²) in [6, 6.07) is 0. The molecule has 0 saturated heterocycles. The van der Waals surface area contributed by atoms with Crippen molar-refractivity contribution in [3.63, 3.8) is 0 Å². The second-order valence-electron chi connectivity index (χ2n) is 6.06. The van der Waals surface area contributed by atoms with Gasteiger partial charge in [-0.2, -0.15) is 10.1 Å². The van der Waals surface area contributed by atoms with Crippen molar-refractivity contribution in [2.24, 2.45) is 11.7 Å². The molecule has 1 amide bonds. The van der Waals surface area contributed by atoms with Crippen molar-refractivity contribution in [3.8, 4) is 0 Å². The van der Waals surface area contributed by atoms with Crippen LogP contribution in [0.2, 0.25) is 0 Å². The van der Waals surface area contributed by atoms with E-state index in [0.29, 0.717) is 23.2 Å². The van der Waals surface area contributed by atoms with Gasteiger partial charge in [-0.25, -0.2) is 4.98 Å². The number of aromatic nitrogens is 4. The van der Waals surface area contributed by atoms with Gasteiger partial charge >= 0.3 is 0 Å². The minimum atomic E-state index is -0.533. The van der Waals surface area contributed by atoms with Crippen molar-refractivity contribution in [3.05, 3.63) is 24.2 Å². The van der Waals surface area contributed by atoms with E-state index in [1.165, 1.54) is 31.9 Å². The Morgan fingerprint density at radius 2 is 2.17 bits per heavy atom. The molecule has 3 rings (SSSR count). The van der Waals surface area contributed by atoms with Gasteiger partial charge in [0.25, 0.3) is 5.91 Å². The molecular weight excluding hydrogens is 306 g/mol. The number of nitrogens with one attached hydrogen (secondary N) is 2. The monoisotopic (exact) mass is 329 g/mol. The number of nitrogens with zero attached hydrogens (tertiary/aromatic N) is 4. The van der Waals surface area contributed by atoms with Gasteiger partial charge in [-0.15, -0.1) is 0 Å². The zero-order valence-electron chi connectivity index (χ0n) is 13.8. The van der Waals surface area contributed by atoms with E-state index in [1.807, 2.05) is 13.1 Å². The van der Waals surface area contributed by atoms with Crippen LogP contribution < -0.4 is 16.4 Å². The number of aryl methyl sites for hydroxylation is 1. The third-order valence-corrected chi connectivity index (χ3v) is 4.30. The minimum absolute atomic E-state index is 0.308. The predicted molar refractivity (Wildman–Crippen MR) is 92.2 cm³/mol. The van der Waals surface area contributed by atoms with Crippen LogP contribution in [0.15, 0.2) is 18.6 Å². The molecule has 0 spiro atoms. The lowest BCUT2D eigenvalue weighted by Crippen LogP contribution is -2.19. The van der Waals surface area contributed by atoms with Crippen LogP contribution in [0.5, 0.6) is 0 Å². The number of anilines is 3. The van der Waals surface area contributed by atoms with Crippen LogP contribution in [-0.2, 0) is 6.54 Å². The highest BCUT2D eigenvalue weighted by molar-refractivity contribution is 5.97. The molecule has 2 heterocycles.